The fraction of sp³-hybridized carbons (Fsp3) is 0. The molecule has 5 rings (SSSR count). The molecule has 5 aromatic rings. The van der Waals surface area contributed by atoms with Crippen molar-refractivity contribution in [2.75, 3.05) is 10.1 Å². The molecule has 0 aliphatic heterocycles. The summed E-state index contributed by atoms with van der Waals surface area (Å²) in [4.78, 5) is 10.8. The third-order valence-corrected chi connectivity index (χ3v) is 7.37. The molecular formula is C28H21ClN6O4S. The lowest BCUT2D eigenvalue weighted by atomic mass is 10.1. The van der Waals surface area contributed by atoms with E-state index < -0.39 is 20.6 Å². The van der Waals surface area contributed by atoms with Gasteiger partial charge in [-0.3, -0.25) is 20.3 Å². The van der Waals surface area contributed by atoms with E-state index in [1.165, 1.54) is 30.5 Å². The molecule has 2 N–H and O–H groups in total. The van der Waals surface area contributed by atoms with Crippen LogP contribution in [0.2, 0.25) is 5.02 Å². The van der Waals surface area contributed by atoms with Gasteiger partial charge in [-0.1, -0.05) is 66.2 Å². The normalized spacial score (nSPS) is 11.4. The first-order valence-corrected chi connectivity index (χ1v) is 13.7. The zero-order chi connectivity index (χ0) is 28.1. The average Bonchev–Trinajstić information content (AvgIpc) is 3.38. The molecule has 0 aliphatic carbocycles. The van der Waals surface area contributed by atoms with E-state index >= 15 is 0 Å². The number of nitro benzene ring substituents is 1. The van der Waals surface area contributed by atoms with Crippen molar-refractivity contribution in [3.8, 4) is 16.9 Å². The van der Waals surface area contributed by atoms with Crippen LogP contribution in [0.15, 0.2) is 119 Å². The largest absolute Gasteiger partial charge is 0.295 e. The Balaban J connectivity index is 1.43. The van der Waals surface area contributed by atoms with Crippen molar-refractivity contribution >= 4 is 44.9 Å². The summed E-state index contributed by atoms with van der Waals surface area (Å²) in [5.41, 5.74) is 5.49. The Morgan fingerprint density at radius 2 is 1.65 bits per heavy atom. The highest BCUT2D eigenvalue weighted by molar-refractivity contribution is 7.92. The number of hydrogen-bond acceptors (Lipinski definition) is 7. The lowest BCUT2D eigenvalue weighted by Gasteiger charge is -2.09. The first-order valence-electron chi connectivity index (χ1n) is 11.9. The zero-order valence-electron chi connectivity index (χ0n) is 20.7. The van der Waals surface area contributed by atoms with Crippen molar-refractivity contribution in [2.24, 2.45) is 5.10 Å². The fourth-order valence-corrected chi connectivity index (χ4v) is 5.14. The van der Waals surface area contributed by atoms with Crippen molar-refractivity contribution in [1.29, 1.82) is 0 Å². The van der Waals surface area contributed by atoms with E-state index in [-0.39, 0.29) is 16.3 Å². The molecule has 0 saturated heterocycles. The van der Waals surface area contributed by atoms with Gasteiger partial charge in [0, 0.05) is 28.4 Å². The lowest BCUT2D eigenvalue weighted by Crippen LogP contribution is -2.13. The van der Waals surface area contributed by atoms with E-state index in [1.54, 1.807) is 23.0 Å². The highest BCUT2D eigenvalue weighted by atomic mass is 35.5. The summed E-state index contributed by atoms with van der Waals surface area (Å²) >= 11 is 5.93. The molecule has 200 valence electrons. The van der Waals surface area contributed by atoms with Gasteiger partial charge in [0.2, 0.25) is 0 Å². The summed E-state index contributed by atoms with van der Waals surface area (Å²) in [5.74, 6) is 0. The first kappa shape index (κ1) is 26.6. The fourth-order valence-electron chi connectivity index (χ4n) is 3.88. The summed E-state index contributed by atoms with van der Waals surface area (Å²) in [5, 5.41) is 21.1. The Morgan fingerprint density at radius 3 is 2.35 bits per heavy atom. The van der Waals surface area contributed by atoms with E-state index in [9.17, 15) is 18.5 Å². The number of rotatable bonds is 9. The molecule has 0 radical (unpaired) electrons. The van der Waals surface area contributed by atoms with Crippen LogP contribution in [0.3, 0.4) is 0 Å². The van der Waals surface area contributed by atoms with Crippen LogP contribution in [-0.2, 0) is 10.0 Å². The Kier molecular flexibility index (Phi) is 7.58. The van der Waals surface area contributed by atoms with E-state index in [0.29, 0.717) is 16.3 Å². The Hall–Kier alpha value is -5.00. The van der Waals surface area contributed by atoms with Gasteiger partial charge in [-0.25, -0.2) is 13.1 Å². The summed E-state index contributed by atoms with van der Waals surface area (Å²) in [6, 6.07) is 28.7. The minimum atomic E-state index is -4.12. The van der Waals surface area contributed by atoms with Gasteiger partial charge in [0.25, 0.3) is 15.7 Å². The van der Waals surface area contributed by atoms with Gasteiger partial charge < -0.3 is 0 Å². The molecule has 0 aliphatic rings. The highest BCUT2D eigenvalue weighted by Crippen LogP contribution is 2.29. The van der Waals surface area contributed by atoms with Crippen molar-refractivity contribution in [3.63, 3.8) is 0 Å². The van der Waals surface area contributed by atoms with E-state index in [4.69, 9.17) is 16.7 Å². The predicted molar refractivity (Wildman–Crippen MR) is 156 cm³/mol. The molecule has 4 aromatic carbocycles. The predicted octanol–water partition coefficient (Wildman–Crippen LogP) is 6.35. The van der Waals surface area contributed by atoms with Gasteiger partial charge >= 0.3 is 0 Å². The summed E-state index contributed by atoms with van der Waals surface area (Å²) in [6.45, 7) is 0. The second kappa shape index (κ2) is 11.4. The summed E-state index contributed by atoms with van der Waals surface area (Å²) in [7, 11) is -4.12. The number of sulfonamides is 1. The number of aromatic nitrogens is 2. The number of nitro groups is 1. The number of nitrogens with zero attached hydrogens (tertiary/aromatic N) is 4. The van der Waals surface area contributed by atoms with Crippen molar-refractivity contribution in [3.05, 3.63) is 130 Å². The SMILES string of the molecule is O=[N+]([O-])c1cc(S(=O)(=O)Nc2cccc(Cl)c2)ccc1N/N=C/c1cn(-c2ccccc2)nc1-c1ccccc1. The lowest BCUT2D eigenvalue weighted by molar-refractivity contribution is -0.384. The number of hydrogen-bond donors (Lipinski definition) is 2. The zero-order valence-corrected chi connectivity index (χ0v) is 22.3. The van der Waals surface area contributed by atoms with Gasteiger partial charge in [0.05, 0.1) is 27.4 Å². The summed E-state index contributed by atoms with van der Waals surface area (Å²) < 4.78 is 29.8. The Labute approximate surface area is 234 Å². The van der Waals surface area contributed by atoms with E-state index in [2.05, 4.69) is 15.2 Å². The Bertz CT molecular complexity index is 1810. The molecule has 1 heterocycles. The van der Waals surface area contributed by atoms with Crippen LogP contribution in [0.1, 0.15) is 5.56 Å². The second-order valence-corrected chi connectivity index (χ2v) is 10.6. The van der Waals surface area contributed by atoms with Crippen LogP contribution in [-0.4, -0.2) is 29.3 Å². The molecule has 0 saturated carbocycles. The molecule has 0 fully saturated rings. The van der Waals surface area contributed by atoms with Crippen molar-refractivity contribution in [2.45, 2.75) is 4.90 Å². The maximum absolute atomic E-state index is 12.9. The number of anilines is 2. The minimum absolute atomic E-state index is 0.0136. The van der Waals surface area contributed by atoms with Gasteiger partial charge in [-0.05, 0) is 42.5 Å². The smallest absolute Gasteiger partial charge is 0.280 e. The van der Waals surface area contributed by atoms with E-state index in [0.717, 1.165) is 17.3 Å². The van der Waals surface area contributed by atoms with Gasteiger partial charge in [0.1, 0.15) is 11.4 Å². The third kappa shape index (κ3) is 6.01. The van der Waals surface area contributed by atoms with Gasteiger partial charge in [-0.15, -0.1) is 0 Å². The van der Waals surface area contributed by atoms with Crippen LogP contribution in [0.4, 0.5) is 17.1 Å². The Morgan fingerprint density at radius 1 is 0.925 bits per heavy atom. The van der Waals surface area contributed by atoms with Crippen LogP contribution in [0.25, 0.3) is 16.9 Å². The average molecular weight is 573 g/mol. The molecule has 0 bridgehead atoms. The maximum atomic E-state index is 12.9. The molecule has 1 aromatic heterocycles. The minimum Gasteiger partial charge on any atom is -0.280 e. The van der Waals surface area contributed by atoms with E-state index in [1.807, 2.05) is 60.7 Å². The number of nitrogens with one attached hydrogen (secondary N) is 2. The van der Waals surface area contributed by atoms with Crippen LogP contribution < -0.4 is 10.1 Å². The van der Waals surface area contributed by atoms with Gasteiger partial charge in [0.15, 0.2) is 0 Å². The van der Waals surface area contributed by atoms with Crippen LogP contribution >= 0.6 is 11.6 Å². The molecular weight excluding hydrogens is 552 g/mol. The summed E-state index contributed by atoms with van der Waals surface area (Å²) in [6.07, 6.45) is 3.30. The van der Waals surface area contributed by atoms with Crippen LogP contribution in [0.5, 0.6) is 0 Å². The van der Waals surface area contributed by atoms with Gasteiger partial charge in [-0.2, -0.15) is 10.2 Å². The molecule has 0 amide bonds. The highest BCUT2D eigenvalue weighted by Gasteiger charge is 2.22. The first-order chi connectivity index (χ1) is 19.3. The maximum Gasteiger partial charge on any atom is 0.295 e. The molecule has 0 spiro atoms. The topological polar surface area (TPSA) is 132 Å². The second-order valence-electron chi connectivity index (χ2n) is 8.50. The number of para-hydroxylation sites is 1. The van der Waals surface area contributed by atoms with Crippen LogP contribution in [0, 0.1) is 10.1 Å². The number of benzene rings is 4. The quantitative estimate of drug-likeness (QED) is 0.120. The molecule has 0 atom stereocenters. The van der Waals surface area contributed by atoms with Crippen molar-refractivity contribution in [1.82, 2.24) is 9.78 Å². The molecule has 12 heteroatoms. The molecule has 40 heavy (non-hydrogen) atoms. The van der Waals surface area contributed by atoms with Crippen molar-refractivity contribution < 1.29 is 13.3 Å². The number of halogens is 1. The third-order valence-electron chi connectivity index (χ3n) is 5.75. The number of hydrazone groups is 1. The monoisotopic (exact) mass is 572 g/mol. The standard InChI is InChI=1S/C28H21ClN6O4S/c29-22-10-7-11-23(16-22)33-40(38,39)25-14-15-26(27(17-25)35(36)37)31-30-18-21-19-34(24-12-5-2-6-13-24)32-28(21)20-8-3-1-4-9-20/h1-19,31,33H/b30-18+. The molecule has 10 nitrogen and oxygen atoms in total. The molecule has 0 unspecified atom stereocenters.